The largest absolute Gasteiger partial charge is 0.446 e. The van der Waals surface area contributed by atoms with Crippen LogP contribution in [0.25, 0.3) is 0 Å². The number of nitrogens with one attached hydrogen (secondary N) is 1. The zero-order valence-corrected chi connectivity index (χ0v) is 20.4. The smallest absolute Gasteiger partial charge is 0.412 e. The second kappa shape index (κ2) is 12.1. The highest BCUT2D eigenvalue weighted by Crippen LogP contribution is 2.46. The summed E-state index contributed by atoms with van der Waals surface area (Å²) in [4.78, 5) is 23.8. The molecule has 6 heteroatoms. The lowest BCUT2D eigenvalue weighted by Crippen LogP contribution is -2.47. The van der Waals surface area contributed by atoms with Gasteiger partial charge in [0.05, 0.1) is 0 Å². The molecule has 1 saturated carbocycles. The van der Waals surface area contributed by atoms with Gasteiger partial charge in [-0.2, -0.15) is 0 Å². The number of para-hydroxylation sites is 1. The highest BCUT2D eigenvalue weighted by Gasteiger charge is 2.42. The Morgan fingerprint density at radius 3 is 2.47 bits per heavy atom. The molecule has 2 atom stereocenters. The molecule has 0 bridgehead atoms. The average molecular weight is 447 g/mol. The van der Waals surface area contributed by atoms with Crippen LogP contribution in [0.1, 0.15) is 91.0 Å². The third-order valence-corrected chi connectivity index (χ3v) is 6.32. The van der Waals surface area contributed by atoms with E-state index in [2.05, 4.69) is 33.0 Å². The van der Waals surface area contributed by atoms with Crippen molar-refractivity contribution in [3.8, 4) is 5.75 Å². The second-order valence-electron chi connectivity index (χ2n) is 10.5. The minimum atomic E-state index is -0.746. The number of amides is 2. The third-order valence-electron chi connectivity index (χ3n) is 6.32. The molecule has 2 amide bonds. The Labute approximate surface area is 193 Å². The zero-order chi connectivity index (χ0) is 23.6. The summed E-state index contributed by atoms with van der Waals surface area (Å²) < 4.78 is 11.0. The maximum atomic E-state index is 12.6. The number of ether oxygens (including phenoxy) is 2. The summed E-state index contributed by atoms with van der Waals surface area (Å²) in [5, 5.41) is 2.94. The van der Waals surface area contributed by atoms with E-state index in [4.69, 9.17) is 15.2 Å². The molecule has 0 radical (unpaired) electrons. The van der Waals surface area contributed by atoms with Crippen LogP contribution in [-0.4, -0.2) is 24.8 Å². The maximum absolute atomic E-state index is 12.6. The van der Waals surface area contributed by atoms with Crippen LogP contribution in [-0.2, 0) is 11.2 Å². The van der Waals surface area contributed by atoms with E-state index in [1.165, 1.54) is 32.1 Å². The average Bonchev–Trinajstić information content (AvgIpc) is 2.68. The van der Waals surface area contributed by atoms with Gasteiger partial charge in [0.1, 0.15) is 11.9 Å². The molecule has 1 aromatic carbocycles. The Morgan fingerprint density at radius 1 is 1.06 bits per heavy atom. The molecular weight excluding hydrogens is 404 g/mol. The Bertz CT molecular complexity index is 749. The van der Waals surface area contributed by atoms with Crippen molar-refractivity contribution in [3.05, 3.63) is 29.8 Å². The van der Waals surface area contributed by atoms with Gasteiger partial charge in [-0.3, -0.25) is 0 Å². The van der Waals surface area contributed by atoms with Crippen molar-refractivity contribution in [1.82, 2.24) is 5.32 Å². The van der Waals surface area contributed by atoms with Crippen LogP contribution in [0.15, 0.2) is 24.3 Å². The van der Waals surface area contributed by atoms with Crippen LogP contribution in [0.4, 0.5) is 9.59 Å². The highest BCUT2D eigenvalue weighted by atomic mass is 16.6. The number of benzene rings is 1. The van der Waals surface area contributed by atoms with E-state index in [0.29, 0.717) is 18.7 Å². The number of hydrogen-bond donors (Lipinski definition) is 2. The molecule has 32 heavy (non-hydrogen) atoms. The van der Waals surface area contributed by atoms with Crippen molar-refractivity contribution in [2.24, 2.45) is 16.6 Å². The molecular formula is C26H42N2O4. The molecule has 0 saturated heterocycles. The molecule has 2 rings (SSSR count). The molecule has 1 aromatic rings. The molecule has 2 unspecified atom stereocenters. The van der Waals surface area contributed by atoms with Gasteiger partial charge in [0.2, 0.25) is 0 Å². The van der Waals surface area contributed by atoms with Crippen molar-refractivity contribution in [2.75, 3.05) is 6.54 Å². The summed E-state index contributed by atoms with van der Waals surface area (Å²) in [6, 6.07) is 7.77. The third kappa shape index (κ3) is 9.09. The van der Waals surface area contributed by atoms with E-state index in [0.717, 1.165) is 31.2 Å². The van der Waals surface area contributed by atoms with Crippen LogP contribution in [0.3, 0.4) is 0 Å². The first-order valence-corrected chi connectivity index (χ1v) is 12.1. The van der Waals surface area contributed by atoms with E-state index in [-0.39, 0.29) is 16.9 Å². The number of unbranched alkanes of at least 4 members (excludes halogenated alkanes) is 5. The molecule has 1 aliphatic carbocycles. The predicted molar refractivity (Wildman–Crippen MR) is 128 cm³/mol. The number of rotatable bonds is 11. The predicted octanol–water partition coefficient (Wildman–Crippen LogP) is 6.36. The SMILES string of the molecule is CCCCCCCCc1ccccc1OC(=O)NCC1(C)CC(OC(N)=O)CC(C)(C)C1. The van der Waals surface area contributed by atoms with Crippen LogP contribution in [0, 0.1) is 10.8 Å². The fourth-order valence-electron chi connectivity index (χ4n) is 5.25. The quantitative estimate of drug-likeness (QED) is 0.387. The van der Waals surface area contributed by atoms with Crippen molar-refractivity contribution in [2.45, 2.75) is 98.0 Å². The van der Waals surface area contributed by atoms with Crippen LogP contribution < -0.4 is 15.8 Å². The van der Waals surface area contributed by atoms with Gasteiger partial charge in [0, 0.05) is 6.54 Å². The van der Waals surface area contributed by atoms with E-state index in [1.807, 2.05) is 24.3 Å². The van der Waals surface area contributed by atoms with Gasteiger partial charge >= 0.3 is 12.2 Å². The summed E-state index contributed by atoms with van der Waals surface area (Å²) in [6.45, 7) is 9.09. The first-order chi connectivity index (χ1) is 15.1. The van der Waals surface area contributed by atoms with Crippen molar-refractivity contribution < 1.29 is 19.1 Å². The minimum absolute atomic E-state index is 0.0115. The zero-order valence-electron chi connectivity index (χ0n) is 20.4. The fourth-order valence-corrected chi connectivity index (χ4v) is 5.25. The molecule has 1 aliphatic rings. The fraction of sp³-hybridized carbons (Fsp3) is 0.692. The standard InChI is InChI=1S/C26H42N2O4/c1-5-6-7-8-9-10-13-20-14-11-12-15-22(20)32-24(30)28-19-26(4)17-21(31-23(27)29)16-25(2,3)18-26/h11-12,14-15,21H,5-10,13,16-19H2,1-4H3,(H2,27,29)(H,28,30). The number of hydrogen-bond acceptors (Lipinski definition) is 4. The lowest BCUT2D eigenvalue weighted by atomic mass is 9.63. The number of nitrogens with two attached hydrogens (primary N) is 1. The van der Waals surface area contributed by atoms with E-state index in [9.17, 15) is 9.59 Å². The second-order valence-corrected chi connectivity index (χ2v) is 10.5. The van der Waals surface area contributed by atoms with E-state index < -0.39 is 12.2 Å². The molecule has 6 nitrogen and oxygen atoms in total. The molecule has 3 N–H and O–H groups in total. The van der Waals surface area contributed by atoms with Gasteiger partial charge in [-0.05, 0) is 54.6 Å². The maximum Gasteiger partial charge on any atom is 0.412 e. The molecule has 180 valence electrons. The number of carbonyl (C=O) groups is 2. The molecule has 0 aliphatic heterocycles. The summed E-state index contributed by atoms with van der Waals surface area (Å²) in [7, 11) is 0. The number of carbonyl (C=O) groups excluding carboxylic acids is 2. The lowest BCUT2D eigenvalue weighted by Gasteiger charge is -2.45. The van der Waals surface area contributed by atoms with Crippen LogP contribution in [0.5, 0.6) is 5.75 Å². The highest BCUT2D eigenvalue weighted by molar-refractivity contribution is 5.70. The number of primary amides is 1. The molecule has 0 heterocycles. The van der Waals surface area contributed by atoms with Crippen molar-refractivity contribution >= 4 is 12.2 Å². The topological polar surface area (TPSA) is 90.7 Å². The van der Waals surface area contributed by atoms with Crippen LogP contribution >= 0.6 is 0 Å². The van der Waals surface area contributed by atoms with Crippen LogP contribution in [0.2, 0.25) is 0 Å². The summed E-state index contributed by atoms with van der Waals surface area (Å²) in [6.07, 6.45) is 9.21. The van der Waals surface area contributed by atoms with Gasteiger partial charge in [-0.1, -0.05) is 78.0 Å². The molecule has 0 spiro atoms. The van der Waals surface area contributed by atoms with Gasteiger partial charge < -0.3 is 20.5 Å². The Hall–Kier alpha value is -2.24. The minimum Gasteiger partial charge on any atom is -0.446 e. The first kappa shape index (κ1) is 26.0. The first-order valence-electron chi connectivity index (χ1n) is 12.1. The number of aryl methyl sites for hydroxylation is 1. The lowest BCUT2D eigenvalue weighted by molar-refractivity contribution is -0.0163. The van der Waals surface area contributed by atoms with Crippen molar-refractivity contribution in [3.63, 3.8) is 0 Å². The Balaban J connectivity index is 1.87. The van der Waals surface area contributed by atoms with Gasteiger partial charge in [0.25, 0.3) is 0 Å². The molecule has 1 fully saturated rings. The normalized spacial score (nSPS) is 22.2. The van der Waals surface area contributed by atoms with Crippen molar-refractivity contribution in [1.29, 1.82) is 0 Å². The molecule has 0 aromatic heterocycles. The van der Waals surface area contributed by atoms with E-state index >= 15 is 0 Å². The van der Waals surface area contributed by atoms with Gasteiger partial charge in [0.15, 0.2) is 0 Å². The summed E-state index contributed by atoms with van der Waals surface area (Å²) >= 11 is 0. The monoisotopic (exact) mass is 446 g/mol. The summed E-state index contributed by atoms with van der Waals surface area (Å²) in [5.74, 6) is 0.627. The van der Waals surface area contributed by atoms with Gasteiger partial charge in [-0.25, -0.2) is 9.59 Å². The van der Waals surface area contributed by atoms with Gasteiger partial charge in [-0.15, -0.1) is 0 Å². The van der Waals surface area contributed by atoms with E-state index in [1.54, 1.807) is 0 Å². The Morgan fingerprint density at radius 2 is 1.75 bits per heavy atom. The Kier molecular flexibility index (Phi) is 9.85. The summed E-state index contributed by atoms with van der Waals surface area (Å²) in [5.41, 5.74) is 6.08.